The molecule has 1 N–H and O–H groups in total. The molecule has 0 saturated heterocycles. The zero-order valence-corrected chi connectivity index (χ0v) is 17.9. The first-order valence-corrected chi connectivity index (χ1v) is 10.8. The van der Waals surface area contributed by atoms with Gasteiger partial charge in [-0.25, -0.2) is 0 Å². The summed E-state index contributed by atoms with van der Waals surface area (Å²) in [6.45, 7) is 0.310. The maximum atomic E-state index is 12.6. The highest BCUT2D eigenvalue weighted by molar-refractivity contribution is 7.99. The van der Waals surface area contributed by atoms with Crippen molar-refractivity contribution in [2.24, 2.45) is 7.05 Å². The molecule has 3 aromatic carbocycles. The summed E-state index contributed by atoms with van der Waals surface area (Å²) in [4.78, 5) is 12.6. The molecular weight excluding hydrogens is 408 g/mol. The topological polar surface area (TPSA) is 69.0 Å². The molecule has 6 nitrogen and oxygen atoms in total. The summed E-state index contributed by atoms with van der Waals surface area (Å²) in [6.07, 6.45) is 0. The first kappa shape index (κ1) is 20.7. The summed E-state index contributed by atoms with van der Waals surface area (Å²) in [5.74, 6) is 1.60. The number of carbonyl (C=O) groups excluding carboxylic acids is 1. The molecule has 7 heteroatoms. The highest BCUT2D eigenvalue weighted by Crippen LogP contribution is 2.28. The van der Waals surface area contributed by atoms with Crippen molar-refractivity contribution in [2.45, 2.75) is 11.8 Å². The van der Waals surface area contributed by atoms with Crippen LogP contribution in [0.1, 0.15) is 5.82 Å². The maximum absolute atomic E-state index is 12.6. The summed E-state index contributed by atoms with van der Waals surface area (Å²) in [6, 6.07) is 27.3. The molecule has 4 aromatic rings. The molecule has 0 saturated carbocycles. The highest BCUT2D eigenvalue weighted by atomic mass is 32.2. The third-order valence-electron chi connectivity index (χ3n) is 4.65. The molecule has 0 fully saturated rings. The number of hydrogen-bond donors (Lipinski definition) is 1. The molecule has 4 rings (SSSR count). The van der Waals surface area contributed by atoms with Crippen LogP contribution in [0, 0.1) is 0 Å². The summed E-state index contributed by atoms with van der Waals surface area (Å²) < 4.78 is 7.58. The van der Waals surface area contributed by atoms with E-state index in [1.54, 1.807) is 0 Å². The maximum Gasteiger partial charge on any atom is 0.234 e. The van der Waals surface area contributed by atoms with Crippen LogP contribution < -0.4 is 10.1 Å². The Morgan fingerprint density at radius 2 is 1.61 bits per heavy atom. The number of para-hydroxylation sites is 2. The Balaban J connectivity index is 1.35. The molecule has 0 spiro atoms. The Hall–Kier alpha value is -3.58. The average Bonchev–Trinajstić information content (AvgIpc) is 3.17. The van der Waals surface area contributed by atoms with E-state index in [-0.39, 0.29) is 11.7 Å². The van der Waals surface area contributed by atoms with Gasteiger partial charge >= 0.3 is 0 Å². The monoisotopic (exact) mass is 430 g/mol. The number of nitrogens with zero attached hydrogens (tertiary/aromatic N) is 3. The Labute approximate surface area is 185 Å². The largest absolute Gasteiger partial charge is 0.486 e. The molecule has 0 atom stereocenters. The van der Waals surface area contributed by atoms with Crippen molar-refractivity contribution in [1.29, 1.82) is 0 Å². The highest BCUT2D eigenvalue weighted by Gasteiger charge is 2.13. The number of carbonyl (C=O) groups is 1. The number of benzene rings is 3. The van der Waals surface area contributed by atoms with Gasteiger partial charge in [-0.3, -0.25) is 4.79 Å². The van der Waals surface area contributed by atoms with Crippen molar-refractivity contribution in [1.82, 2.24) is 14.8 Å². The standard InChI is InChI=1S/C24H22N4O2S/c1-28-22(16-30-19-12-6-3-7-13-19)26-27-24(28)31-17-23(29)25-21-15-9-8-14-20(21)18-10-4-2-5-11-18/h2-15H,16-17H2,1H3,(H,25,29). The third-order valence-corrected chi connectivity index (χ3v) is 5.67. The van der Waals surface area contributed by atoms with Crippen LogP contribution in [0.25, 0.3) is 11.1 Å². The number of anilines is 1. The van der Waals surface area contributed by atoms with Crippen LogP contribution in [-0.4, -0.2) is 26.4 Å². The average molecular weight is 431 g/mol. The second-order valence-corrected chi connectivity index (χ2v) is 7.75. The van der Waals surface area contributed by atoms with E-state index in [4.69, 9.17) is 4.74 Å². The van der Waals surface area contributed by atoms with Crippen molar-refractivity contribution >= 4 is 23.4 Å². The second-order valence-electron chi connectivity index (χ2n) is 6.81. The third kappa shape index (κ3) is 5.32. The van der Waals surface area contributed by atoms with Gasteiger partial charge < -0.3 is 14.6 Å². The van der Waals surface area contributed by atoms with E-state index >= 15 is 0 Å². The fraction of sp³-hybridized carbons (Fsp3) is 0.125. The SMILES string of the molecule is Cn1c(COc2ccccc2)nnc1SCC(=O)Nc1ccccc1-c1ccccc1. The van der Waals surface area contributed by atoms with Gasteiger partial charge in [0.05, 0.1) is 5.75 Å². The first-order valence-electron chi connectivity index (χ1n) is 9.84. The zero-order valence-electron chi connectivity index (χ0n) is 17.1. The van der Waals surface area contributed by atoms with Gasteiger partial charge in [-0.2, -0.15) is 0 Å². The van der Waals surface area contributed by atoms with Crippen LogP contribution in [0.2, 0.25) is 0 Å². The Morgan fingerprint density at radius 3 is 2.39 bits per heavy atom. The van der Waals surface area contributed by atoms with E-state index < -0.39 is 0 Å². The van der Waals surface area contributed by atoms with Gasteiger partial charge in [0.15, 0.2) is 11.0 Å². The predicted molar refractivity (Wildman–Crippen MR) is 123 cm³/mol. The van der Waals surface area contributed by atoms with E-state index in [9.17, 15) is 4.79 Å². The van der Waals surface area contributed by atoms with E-state index in [1.165, 1.54) is 11.8 Å². The van der Waals surface area contributed by atoms with Crippen LogP contribution in [0.5, 0.6) is 5.75 Å². The Bertz CT molecular complexity index is 1150. The summed E-state index contributed by atoms with van der Waals surface area (Å²) in [5, 5.41) is 12.0. The van der Waals surface area contributed by atoms with Crippen LogP contribution in [0.15, 0.2) is 90.1 Å². The van der Waals surface area contributed by atoms with Crippen molar-refractivity contribution in [3.63, 3.8) is 0 Å². The van der Waals surface area contributed by atoms with Gasteiger partial charge in [0.25, 0.3) is 0 Å². The molecule has 156 valence electrons. The van der Waals surface area contributed by atoms with E-state index in [0.29, 0.717) is 17.6 Å². The lowest BCUT2D eigenvalue weighted by atomic mass is 10.0. The summed E-state index contributed by atoms with van der Waals surface area (Å²) in [5.41, 5.74) is 2.83. The quantitative estimate of drug-likeness (QED) is 0.407. The number of aromatic nitrogens is 3. The fourth-order valence-electron chi connectivity index (χ4n) is 3.04. The molecule has 0 aliphatic rings. The molecule has 0 unspecified atom stereocenters. The smallest absolute Gasteiger partial charge is 0.234 e. The number of rotatable bonds is 8. The van der Waals surface area contributed by atoms with Crippen molar-refractivity contribution in [3.8, 4) is 16.9 Å². The number of hydrogen-bond acceptors (Lipinski definition) is 5. The molecule has 0 aliphatic carbocycles. The minimum atomic E-state index is -0.0986. The van der Waals surface area contributed by atoms with E-state index in [1.807, 2.05) is 96.5 Å². The molecular formula is C24H22N4O2S. The van der Waals surface area contributed by atoms with Crippen molar-refractivity contribution < 1.29 is 9.53 Å². The van der Waals surface area contributed by atoms with Gasteiger partial charge in [-0.15, -0.1) is 10.2 Å². The Kier molecular flexibility index (Phi) is 6.64. The lowest BCUT2D eigenvalue weighted by Gasteiger charge is -2.11. The number of thioether (sulfide) groups is 1. The van der Waals surface area contributed by atoms with Crippen LogP contribution in [-0.2, 0) is 18.4 Å². The molecule has 0 radical (unpaired) electrons. The Morgan fingerprint density at radius 1 is 0.935 bits per heavy atom. The lowest BCUT2D eigenvalue weighted by Crippen LogP contribution is -2.15. The summed E-state index contributed by atoms with van der Waals surface area (Å²) in [7, 11) is 1.87. The van der Waals surface area contributed by atoms with Crippen molar-refractivity contribution in [2.75, 3.05) is 11.1 Å². The lowest BCUT2D eigenvalue weighted by molar-refractivity contribution is -0.113. The predicted octanol–water partition coefficient (Wildman–Crippen LogP) is 4.79. The molecule has 0 bridgehead atoms. The molecule has 31 heavy (non-hydrogen) atoms. The minimum absolute atomic E-state index is 0.0986. The number of amides is 1. The van der Waals surface area contributed by atoms with Gasteiger partial charge in [-0.1, -0.05) is 78.5 Å². The van der Waals surface area contributed by atoms with Crippen LogP contribution >= 0.6 is 11.8 Å². The molecule has 1 aromatic heterocycles. The minimum Gasteiger partial charge on any atom is -0.486 e. The van der Waals surface area contributed by atoms with Crippen LogP contribution in [0.3, 0.4) is 0 Å². The molecule has 0 aliphatic heterocycles. The van der Waals surface area contributed by atoms with E-state index in [2.05, 4.69) is 15.5 Å². The van der Waals surface area contributed by atoms with Gasteiger partial charge in [0.1, 0.15) is 12.4 Å². The van der Waals surface area contributed by atoms with Gasteiger partial charge in [0.2, 0.25) is 5.91 Å². The molecule has 1 heterocycles. The molecule has 1 amide bonds. The normalized spacial score (nSPS) is 10.6. The van der Waals surface area contributed by atoms with Gasteiger partial charge in [0, 0.05) is 18.3 Å². The number of ether oxygens (including phenoxy) is 1. The summed E-state index contributed by atoms with van der Waals surface area (Å²) >= 11 is 1.34. The van der Waals surface area contributed by atoms with Crippen molar-refractivity contribution in [3.05, 3.63) is 90.8 Å². The number of nitrogens with one attached hydrogen (secondary N) is 1. The second kappa shape index (κ2) is 9.95. The first-order chi connectivity index (χ1) is 15.2. The fourth-order valence-corrected chi connectivity index (χ4v) is 3.77. The zero-order chi connectivity index (χ0) is 21.5. The van der Waals surface area contributed by atoms with E-state index in [0.717, 1.165) is 22.6 Å². The van der Waals surface area contributed by atoms with Gasteiger partial charge in [-0.05, 0) is 23.8 Å². The van der Waals surface area contributed by atoms with Crippen LogP contribution in [0.4, 0.5) is 5.69 Å².